The first-order valence-corrected chi connectivity index (χ1v) is 8.10. The summed E-state index contributed by atoms with van der Waals surface area (Å²) in [5, 5.41) is 1.21. The maximum atomic E-state index is 4.37. The molecule has 0 radical (unpaired) electrons. The highest BCUT2D eigenvalue weighted by Crippen LogP contribution is 2.30. The predicted molar refractivity (Wildman–Crippen MR) is 104 cm³/mol. The lowest BCUT2D eigenvalue weighted by atomic mass is 9.99. The van der Waals surface area contributed by atoms with E-state index in [1.807, 2.05) is 25.4 Å². The molecule has 4 rings (SSSR count). The minimum absolute atomic E-state index is 0. The van der Waals surface area contributed by atoms with Crippen LogP contribution in [0.1, 0.15) is 17.0 Å². The zero-order chi connectivity index (χ0) is 16.7. The van der Waals surface area contributed by atoms with E-state index in [-0.39, 0.29) is 6.15 Å². The fraction of sp³-hybridized carbons (Fsp3) is 0.143. The molecule has 0 spiro atoms. The van der Waals surface area contributed by atoms with Gasteiger partial charge in [-0.25, -0.2) is 0 Å². The summed E-state index contributed by atoms with van der Waals surface area (Å²) >= 11 is 0. The van der Waals surface area contributed by atoms with E-state index in [9.17, 15) is 0 Å². The number of benzene rings is 1. The molecule has 4 nitrogen and oxygen atoms in total. The van der Waals surface area contributed by atoms with E-state index in [1.54, 1.807) is 0 Å². The molecule has 3 heterocycles. The van der Waals surface area contributed by atoms with Crippen molar-refractivity contribution in [2.24, 2.45) is 0 Å². The minimum Gasteiger partial charge on any atom is -0.355 e. The summed E-state index contributed by atoms with van der Waals surface area (Å²) in [6.07, 6.45) is 3.73. The molecule has 0 saturated carbocycles. The van der Waals surface area contributed by atoms with E-state index < -0.39 is 0 Å². The summed E-state index contributed by atoms with van der Waals surface area (Å²) in [6.45, 7) is 6.19. The van der Waals surface area contributed by atoms with E-state index in [2.05, 4.69) is 65.2 Å². The number of hydrogen-bond acceptors (Lipinski definition) is 3. The maximum Gasteiger partial charge on any atom is 0.0466 e. The van der Waals surface area contributed by atoms with Crippen molar-refractivity contribution in [3.8, 4) is 22.4 Å². The summed E-state index contributed by atoms with van der Waals surface area (Å²) in [5.41, 5.74) is 9.23. The van der Waals surface area contributed by atoms with Gasteiger partial charge in [0.15, 0.2) is 0 Å². The first-order valence-electron chi connectivity index (χ1n) is 8.10. The summed E-state index contributed by atoms with van der Waals surface area (Å²) in [5.74, 6) is 0. The third-order valence-electron chi connectivity index (χ3n) is 4.60. The lowest BCUT2D eigenvalue weighted by molar-refractivity contribution is 1.15. The smallest absolute Gasteiger partial charge is 0.0466 e. The Kier molecular flexibility index (Phi) is 4.38. The van der Waals surface area contributed by atoms with Crippen LogP contribution in [0.4, 0.5) is 0 Å². The van der Waals surface area contributed by atoms with Crippen LogP contribution < -0.4 is 6.15 Å². The molecule has 0 aliphatic heterocycles. The Labute approximate surface area is 147 Å². The normalized spacial score (nSPS) is 10.7. The van der Waals surface area contributed by atoms with E-state index in [0.29, 0.717) is 0 Å². The molecular formula is C21H22N4. The van der Waals surface area contributed by atoms with Gasteiger partial charge in [-0.3, -0.25) is 9.97 Å². The van der Waals surface area contributed by atoms with Gasteiger partial charge in [-0.15, -0.1) is 0 Å². The van der Waals surface area contributed by atoms with Gasteiger partial charge in [0.25, 0.3) is 0 Å². The molecule has 126 valence electrons. The van der Waals surface area contributed by atoms with Crippen molar-refractivity contribution in [1.29, 1.82) is 0 Å². The first-order chi connectivity index (χ1) is 11.6. The van der Waals surface area contributed by atoms with Gasteiger partial charge in [0, 0.05) is 45.9 Å². The van der Waals surface area contributed by atoms with Crippen molar-refractivity contribution in [2.75, 3.05) is 0 Å². The number of fused-ring (bicyclic) bond motifs is 1. The molecule has 25 heavy (non-hydrogen) atoms. The molecule has 4 aromatic rings. The zero-order valence-corrected chi connectivity index (χ0v) is 14.8. The van der Waals surface area contributed by atoms with Crippen molar-refractivity contribution in [1.82, 2.24) is 21.1 Å². The van der Waals surface area contributed by atoms with Crippen molar-refractivity contribution < 1.29 is 0 Å². The Bertz CT molecular complexity index is 1050. The van der Waals surface area contributed by atoms with Gasteiger partial charge in [0.05, 0.1) is 0 Å². The topological polar surface area (TPSA) is 76.6 Å². The molecule has 0 atom stereocenters. The molecule has 0 aliphatic rings. The minimum atomic E-state index is 0. The average Bonchev–Trinajstić information content (AvgIpc) is 3.00. The van der Waals surface area contributed by atoms with E-state index in [1.165, 1.54) is 22.1 Å². The first kappa shape index (κ1) is 16.9. The second-order valence-corrected chi connectivity index (χ2v) is 6.24. The summed E-state index contributed by atoms with van der Waals surface area (Å²) in [6, 6.07) is 15.0. The Morgan fingerprint density at radius 2 is 1.60 bits per heavy atom. The van der Waals surface area contributed by atoms with Gasteiger partial charge >= 0.3 is 0 Å². The molecule has 1 aromatic carbocycles. The number of pyridine rings is 2. The van der Waals surface area contributed by atoms with E-state index in [0.717, 1.165) is 28.2 Å². The lowest BCUT2D eigenvalue weighted by Gasteiger charge is -2.08. The van der Waals surface area contributed by atoms with Crippen molar-refractivity contribution >= 4 is 10.9 Å². The van der Waals surface area contributed by atoms with Crippen molar-refractivity contribution in [3.05, 3.63) is 71.8 Å². The van der Waals surface area contributed by atoms with Crippen LogP contribution in [0.25, 0.3) is 33.3 Å². The van der Waals surface area contributed by atoms with Gasteiger partial charge in [0.2, 0.25) is 0 Å². The number of aromatic nitrogens is 3. The SMILES string of the molecule is Cc1cc(-c2cc3cc(-c4ccnc(C)c4C)ccc3[nH]2)ccn1.N. The van der Waals surface area contributed by atoms with Crippen molar-refractivity contribution in [2.45, 2.75) is 20.8 Å². The number of H-pyrrole nitrogens is 1. The molecule has 0 aliphatic carbocycles. The van der Waals surface area contributed by atoms with E-state index in [4.69, 9.17) is 0 Å². The number of hydrogen-bond donors (Lipinski definition) is 2. The molecular weight excluding hydrogens is 308 g/mol. The molecule has 0 amide bonds. The number of aryl methyl sites for hydroxylation is 2. The summed E-state index contributed by atoms with van der Waals surface area (Å²) in [7, 11) is 0. The van der Waals surface area contributed by atoms with Gasteiger partial charge < -0.3 is 11.1 Å². The molecule has 0 bridgehead atoms. The predicted octanol–water partition coefficient (Wildman–Crippen LogP) is 5.38. The highest BCUT2D eigenvalue weighted by molar-refractivity contribution is 5.90. The number of aromatic amines is 1. The Morgan fingerprint density at radius 3 is 2.40 bits per heavy atom. The van der Waals surface area contributed by atoms with Gasteiger partial charge in [-0.1, -0.05) is 6.07 Å². The lowest BCUT2D eigenvalue weighted by Crippen LogP contribution is -1.90. The average molecular weight is 330 g/mol. The fourth-order valence-electron chi connectivity index (χ4n) is 3.12. The van der Waals surface area contributed by atoms with Crippen LogP contribution in [-0.2, 0) is 0 Å². The van der Waals surface area contributed by atoms with Gasteiger partial charge in [-0.05, 0) is 73.9 Å². The second kappa shape index (κ2) is 6.49. The van der Waals surface area contributed by atoms with Crippen LogP contribution >= 0.6 is 0 Å². The monoisotopic (exact) mass is 330 g/mol. The van der Waals surface area contributed by atoms with Gasteiger partial charge in [0.1, 0.15) is 0 Å². The molecule has 4 heteroatoms. The van der Waals surface area contributed by atoms with Crippen molar-refractivity contribution in [3.63, 3.8) is 0 Å². The molecule has 0 saturated heterocycles. The Hall–Kier alpha value is -2.98. The number of rotatable bonds is 2. The van der Waals surface area contributed by atoms with E-state index >= 15 is 0 Å². The summed E-state index contributed by atoms with van der Waals surface area (Å²) < 4.78 is 0. The molecule has 4 N–H and O–H groups in total. The van der Waals surface area contributed by atoms with Crippen LogP contribution in [0.15, 0.2) is 54.9 Å². The maximum absolute atomic E-state index is 4.37. The fourth-order valence-corrected chi connectivity index (χ4v) is 3.12. The standard InChI is InChI=1S/C21H19N3.H3N/c1-13-10-17(6-8-22-13)21-12-18-11-16(4-5-20(18)24-21)19-7-9-23-15(3)14(19)2;/h4-12,24H,1-3H3;1H3. The Morgan fingerprint density at radius 1 is 0.800 bits per heavy atom. The third-order valence-corrected chi connectivity index (χ3v) is 4.60. The molecule has 3 aromatic heterocycles. The van der Waals surface area contributed by atoms with Crippen LogP contribution in [0.5, 0.6) is 0 Å². The summed E-state index contributed by atoms with van der Waals surface area (Å²) in [4.78, 5) is 12.1. The van der Waals surface area contributed by atoms with Crippen LogP contribution in [0.3, 0.4) is 0 Å². The highest BCUT2D eigenvalue weighted by Gasteiger charge is 2.08. The third kappa shape index (κ3) is 3.04. The molecule has 0 unspecified atom stereocenters. The Balaban J connectivity index is 0.00000182. The molecule has 0 fully saturated rings. The second-order valence-electron chi connectivity index (χ2n) is 6.24. The number of nitrogens with zero attached hydrogens (tertiary/aromatic N) is 2. The quantitative estimate of drug-likeness (QED) is 0.518. The highest BCUT2D eigenvalue weighted by atomic mass is 14.7. The zero-order valence-electron chi connectivity index (χ0n) is 14.8. The number of nitrogens with one attached hydrogen (secondary N) is 1. The largest absolute Gasteiger partial charge is 0.355 e. The van der Waals surface area contributed by atoms with Gasteiger partial charge in [-0.2, -0.15) is 0 Å². The van der Waals surface area contributed by atoms with Crippen LogP contribution in [0, 0.1) is 20.8 Å². The van der Waals surface area contributed by atoms with Crippen LogP contribution in [-0.4, -0.2) is 15.0 Å². The van der Waals surface area contributed by atoms with Crippen LogP contribution in [0.2, 0.25) is 0 Å².